The Labute approximate surface area is 133 Å². The van der Waals surface area contributed by atoms with Crippen molar-refractivity contribution in [3.05, 3.63) is 57.5 Å². The molecule has 0 bridgehead atoms. The zero-order valence-corrected chi connectivity index (χ0v) is 13.7. The molecule has 106 valence electrons. The Hall–Kier alpha value is -1.03. The first-order valence-electron chi connectivity index (χ1n) is 6.61. The molecule has 20 heavy (non-hydrogen) atoms. The molecular formula is C16H17BrClNO. The minimum Gasteiger partial charge on any atom is -0.456 e. The maximum absolute atomic E-state index is 6.27. The van der Waals surface area contributed by atoms with E-state index >= 15 is 0 Å². The largest absolute Gasteiger partial charge is 0.456 e. The van der Waals surface area contributed by atoms with Crippen molar-refractivity contribution in [2.24, 2.45) is 0 Å². The van der Waals surface area contributed by atoms with Crippen LogP contribution in [0.5, 0.6) is 11.5 Å². The van der Waals surface area contributed by atoms with E-state index in [-0.39, 0.29) is 0 Å². The van der Waals surface area contributed by atoms with E-state index in [4.69, 9.17) is 16.3 Å². The third kappa shape index (κ3) is 4.51. The van der Waals surface area contributed by atoms with E-state index in [2.05, 4.69) is 28.2 Å². The summed E-state index contributed by atoms with van der Waals surface area (Å²) < 4.78 is 6.77. The molecule has 0 aliphatic heterocycles. The predicted molar refractivity (Wildman–Crippen MR) is 87.7 cm³/mol. The summed E-state index contributed by atoms with van der Waals surface area (Å²) in [7, 11) is 0. The Morgan fingerprint density at radius 1 is 1.20 bits per heavy atom. The van der Waals surface area contributed by atoms with Crippen molar-refractivity contribution < 1.29 is 4.74 Å². The van der Waals surface area contributed by atoms with Gasteiger partial charge in [-0.2, -0.15) is 0 Å². The molecule has 0 aromatic heterocycles. The van der Waals surface area contributed by atoms with Crippen LogP contribution in [0.15, 0.2) is 46.9 Å². The van der Waals surface area contributed by atoms with Gasteiger partial charge < -0.3 is 10.1 Å². The SMILES string of the molecule is CCCNCc1ccc(Oc2cccc(Br)c2)c(Cl)c1. The fourth-order valence-electron chi connectivity index (χ4n) is 1.80. The van der Waals surface area contributed by atoms with Gasteiger partial charge in [-0.25, -0.2) is 0 Å². The highest BCUT2D eigenvalue weighted by molar-refractivity contribution is 9.10. The summed E-state index contributed by atoms with van der Waals surface area (Å²) in [5.41, 5.74) is 1.16. The van der Waals surface area contributed by atoms with Crippen LogP contribution < -0.4 is 10.1 Å². The Morgan fingerprint density at radius 2 is 2.05 bits per heavy atom. The van der Waals surface area contributed by atoms with E-state index in [9.17, 15) is 0 Å². The number of benzene rings is 2. The van der Waals surface area contributed by atoms with Gasteiger partial charge in [-0.1, -0.05) is 46.6 Å². The Bertz CT molecular complexity index is 574. The first-order valence-corrected chi connectivity index (χ1v) is 7.78. The van der Waals surface area contributed by atoms with Gasteiger partial charge in [0.25, 0.3) is 0 Å². The molecule has 0 spiro atoms. The molecule has 0 atom stereocenters. The molecule has 0 unspecified atom stereocenters. The van der Waals surface area contributed by atoms with Crippen molar-refractivity contribution >= 4 is 27.5 Å². The molecule has 2 rings (SSSR count). The lowest BCUT2D eigenvalue weighted by Crippen LogP contribution is -2.13. The Morgan fingerprint density at radius 3 is 2.75 bits per heavy atom. The van der Waals surface area contributed by atoms with Gasteiger partial charge in [0.1, 0.15) is 11.5 Å². The van der Waals surface area contributed by atoms with Crippen molar-refractivity contribution in [2.45, 2.75) is 19.9 Å². The molecule has 2 aromatic carbocycles. The second-order valence-electron chi connectivity index (χ2n) is 4.50. The van der Waals surface area contributed by atoms with Crippen molar-refractivity contribution in [3.8, 4) is 11.5 Å². The average Bonchev–Trinajstić information content (AvgIpc) is 2.42. The molecule has 2 aromatic rings. The summed E-state index contributed by atoms with van der Waals surface area (Å²) in [5, 5.41) is 3.98. The zero-order chi connectivity index (χ0) is 14.4. The van der Waals surface area contributed by atoms with Gasteiger partial charge in [-0.3, -0.25) is 0 Å². The van der Waals surface area contributed by atoms with Crippen molar-refractivity contribution in [2.75, 3.05) is 6.54 Å². The molecular weight excluding hydrogens is 338 g/mol. The number of nitrogens with one attached hydrogen (secondary N) is 1. The van der Waals surface area contributed by atoms with E-state index < -0.39 is 0 Å². The third-order valence-corrected chi connectivity index (χ3v) is 3.56. The molecule has 4 heteroatoms. The van der Waals surface area contributed by atoms with Crippen LogP contribution in [0.2, 0.25) is 5.02 Å². The average molecular weight is 355 g/mol. The summed E-state index contributed by atoms with van der Waals surface area (Å²) in [6.07, 6.45) is 1.12. The summed E-state index contributed by atoms with van der Waals surface area (Å²) in [5.74, 6) is 1.43. The number of rotatable bonds is 6. The van der Waals surface area contributed by atoms with E-state index in [1.807, 2.05) is 42.5 Å². The smallest absolute Gasteiger partial charge is 0.146 e. The van der Waals surface area contributed by atoms with Crippen molar-refractivity contribution in [1.82, 2.24) is 5.32 Å². The van der Waals surface area contributed by atoms with Crippen LogP contribution in [0.1, 0.15) is 18.9 Å². The number of halogens is 2. The molecule has 0 saturated heterocycles. The lowest BCUT2D eigenvalue weighted by atomic mass is 10.2. The summed E-state index contributed by atoms with van der Waals surface area (Å²) in [6, 6.07) is 13.6. The van der Waals surface area contributed by atoms with Gasteiger partial charge in [0, 0.05) is 11.0 Å². The van der Waals surface area contributed by atoms with Crippen LogP contribution in [0.25, 0.3) is 0 Å². The molecule has 0 aliphatic rings. The first-order chi connectivity index (χ1) is 9.69. The van der Waals surface area contributed by atoms with Gasteiger partial charge in [-0.05, 0) is 48.9 Å². The van der Waals surface area contributed by atoms with E-state index in [0.717, 1.165) is 35.3 Å². The van der Waals surface area contributed by atoms with Crippen LogP contribution >= 0.6 is 27.5 Å². The number of hydrogen-bond donors (Lipinski definition) is 1. The van der Waals surface area contributed by atoms with Crippen LogP contribution in [0.4, 0.5) is 0 Å². The normalized spacial score (nSPS) is 10.6. The topological polar surface area (TPSA) is 21.3 Å². The van der Waals surface area contributed by atoms with Gasteiger partial charge in [-0.15, -0.1) is 0 Å². The highest BCUT2D eigenvalue weighted by Gasteiger charge is 2.05. The first kappa shape index (κ1) is 15.4. The number of ether oxygens (including phenoxy) is 1. The minimum absolute atomic E-state index is 0.626. The molecule has 2 nitrogen and oxygen atoms in total. The van der Waals surface area contributed by atoms with Crippen LogP contribution in [-0.2, 0) is 6.54 Å². The lowest BCUT2D eigenvalue weighted by Gasteiger charge is -2.10. The lowest BCUT2D eigenvalue weighted by molar-refractivity contribution is 0.482. The fourth-order valence-corrected chi connectivity index (χ4v) is 2.42. The maximum atomic E-state index is 6.27. The summed E-state index contributed by atoms with van der Waals surface area (Å²) >= 11 is 9.69. The minimum atomic E-state index is 0.626. The Kier molecular flexibility index (Phi) is 5.89. The van der Waals surface area contributed by atoms with E-state index in [1.165, 1.54) is 0 Å². The highest BCUT2D eigenvalue weighted by Crippen LogP contribution is 2.31. The fraction of sp³-hybridized carbons (Fsp3) is 0.250. The van der Waals surface area contributed by atoms with Crippen LogP contribution in [-0.4, -0.2) is 6.54 Å². The van der Waals surface area contributed by atoms with E-state index in [1.54, 1.807) is 0 Å². The number of hydrogen-bond acceptors (Lipinski definition) is 2. The molecule has 0 fully saturated rings. The quantitative estimate of drug-likeness (QED) is 0.702. The molecule has 0 aliphatic carbocycles. The van der Waals surface area contributed by atoms with Crippen molar-refractivity contribution in [3.63, 3.8) is 0 Å². The molecule has 0 saturated carbocycles. The molecule has 0 amide bonds. The van der Waals surface area contributed by atoms with Crippen LogP contribution in [0.3, 0.4) is 0 Å². The predicted octanol–water partition coefficient (Wildman–Crippen LogP) is 5.39. The second-order valence-corrected chi connectivity index (χ2v) is 5.82. The van der Waals surface area contributed by atoms with Gasteiger partial charge in [0.2, 0.25) is 0 Å². The van der Waals surface area contributed by atoms with Crippen LogP contribution in [0, 0.1) is 0 Å². The van der Waals surface area contributed by atoms with Gasteiger partial charge in [0.05, 0.1) is 5.02 Å². The zero-order valence-electron chi connectivity index (χ0n) is 11.3. The van der Waals surface area contributed by atoms with E-state index in [0.29, 0.717) is 10.8 Å². The summed E-state index contributed by atoms with van der Waals surface area (Å²) in [6.45, 7) is 3.98. The van der Waals surface area contributed by atoms with Gasteiger partial charge in [0.15, 0.2) is 0 Å². The highest BCUT2D eigenvalue weighted by atomic mass is 79.9. The molecule has 0 radical (unpaired) electrons. The maximum Gasteiger partial charge on any atom is 0.146 e. The monoisotopic (exact) mass is 353 g/mol. The summed E-state index contributed by atoms with van der Waals surface area (Å²) in [4.78, 5) is 0. The Balaban J connectivity index is 2.06. The van der Waals surface area contributed by atoms with Crippen molar-refractivity contribution in [1.29, 1.82) is 0 Å². The molecule has 1 N–H and O–H groups in total. The van der Waals surface area contributed by atoms with Gasteiger partial charge >= 0.3 is 0 Å². The third-order valence-electron chi connectivity index (χ3n) is 2.78. The second kappa shape index (κ2) is 7.67. The molecule has 0 heterocycles. The standard InChI is InChI=1S/C16H17BrClNO/c1-2-8-19-11-12-6-7-16(15(18)9-12)20-14-5-3-4-13(17)10-14/h3-7,9-10,19H,2,8,11H2,1H3.